The molecule has 0 saturated carbocycles. The fourth-order valence-corrected chi connectivity index (χ4v) is 4.39. The maximum absolute atomic E-state index is 14.1. The Morgan fingerprint density at radius 2 is 1.94 bits per heavy atom. The summed E-state index contributed by atoms with van der Waals surface area (Å²) in [5.41, 5.74) is 0.440. The zero-order valence-electron chi connectivity index (χ0n) is 19.8. The van der Waals surface area contributed by atoms with Crippen LogP contribution in [0.5, 0.6) is 5.75 Å². The first-order valence-electron chi connectivity index (χ1n) is 11.1. The van der Waals surface area contributed by atoms with Crippen LogP contribution in [0.15, 0.2) is 47.5 Å². The lowest BCUT2D eigenvalue weighted by Crippen LogP contribution is -2.56. The minimum Gasteiger partial charge on any atom is -0.406 e. The van der Waals surface area contributed by atoms with E-state index < -0.39 is 41.7 Å². The van der Waals surface area contributed by atoms with E-state index in [0.29, 0.717) is 17.2 Å². The van der Waals surface area contributed by atoms with Crippen LogP contribution >= 0.6 is 0 Å². The van der Waals surface area contributed by atoms with Crippen molar-refractivity contribution in [3.8, 4) is 5.75 Å². The standard InChI is InChI=1S/C25H26F4N4O3/c1-14(2)13-33-22(15(11-30)12-31-3)21(19-6-4-5-7-20(19)24(33)35)23(34)32-17-8-16(26)9-18(10-17)36-25(27,28)29/h4-12,14-15,21-22,30H,13H2,1-3H3,(H,32,34). The molecule has 3 rings (SSSR count). The SMILES string of the molecule is CN=CC(C=N)C1C(C(=O)Nc2cc(F)cc(OC(F)(F)F)c2)c2ccccc2C(=O)N1CC(C)C. The van der Waals surface area contributed by atoms with Crippen molar-refractivity contribution in [1.82, 2.24) is 4.90 Å². The molecule has 11 heteroatoms. The summed E-state index contributed by atoms with van der Waals surface area (Å²) in [5, 5.41) is 10.4. The van der Waals surface area contributed by atoms with E-state index in [1.54, 1.807) is 24.3 Å². The van der Waals surface area contributed by atoms with E-state index in [1.807, 2.05) is 13.8 Å². The molecular weight excluding hydrogens is 480 g/mol. The Labute approximate surface area is 205 Å². The minimum absolute atomic E-state index is 0.0284. The number of alkyl halides is 3. The van der Waals surface area contributed by atoms with Crippen molar-refractivity contribution in [2.75, 3.05) is 18.9 Å². The number of rotatable bonds is 8. The highest BCUT2D eigenvalue weighted by molar-refractivity contribution is 6.05. The Hall–Kier alpha value is -3.76. The highest BCUT2D eigenvalue weighted by atomic mass is 19.4. The van der Waals surface area contributed by atoms with Crippen LogP contribution in [-0.4, -0.2) is 55.1 Å². The molecule has 192 valence electrons. The Kier molecular flexibility index (Phi) is 8.11. The zero-order valence-corrected chi connectivity index (χ0v) is 19.8. The third kappa shape index (κ3) is 6.07. The normalized spacial score (nSPS) is 18.8. The van der Waals surface area contributed by atoms with Crippen molar-refractivity contribution < 1.29 is 31.9 Å². The third-order valence-corrected chi connectivity index (χ3v) is 5.61. The summed E-state index contributed by atoms with van der Waals surface area (Å²) < 4.78 is 55.8. The molecule has 1 heterocycles. The highest BCUT2D eigenvalue weighted by Gasteiger charge is 2.46. The molecule has 2 amide bonds. The van der Waals surface area contributed by atoms with Gasteiger partial charge in [-0.2, -0.15) is 0 Å². The van der Waals surface area contributed by atoms with E-state index in [2.05, 4.69) is 15.0 Å². The average molecular weight is 507 g/mol. The molecule has 3 unspecified atom stereocenters. The van der Waals surface area contributed by atoms with Crippen LogP contribution in [0.1, 0.15) is 35.7 Å². The molecule has 0 radical (unpaired) electrons. The molecule has 36 heavy (non-hydrogen) atoms. The molecule has 0 aliphatic carbocycles. The Balaban J connectivity index is 2.10. The number of halogens is 4. The van der Waals surface area contributed by atoms with Gasteiger partial charge in [-0.1, -0.05) is 32.0 Å². The van der Waals surface area contributed by atoms with E-state index in [4.69, 9.17) is 5.41 Å². The van der Waals surface area contributed by atoms with E-state index in [0.717, 1.165) is 18.3 Å². The first-order valence-corrected chi connectivity index (χ1v) is 11.1. The number of hydrogen-bond acceptors (Lipinski definition) is 5. The topological polar surface area (TPSA) is 94.9 Å². The number of fused-ring (bicyclic) bond motifs is 1. The van der Waals surface area contributed by atoms with Gasteiger partial charge in [-0.3, -0.25) is 9.59 Å². The highest BCUT2D eigenvalue weighted by Crippen LogP contribution is 2.38. The number of amides is 2. The van der Waals surface area contributed by atoms with E-state index in [1.165, 1.54) is 18.2 Å². The van der Waals surface area contributed by atoms with Crippen LogP contribution < -0.4 is 10.1 Å². The van der Waals surface area contributed by atoms with Gasteiger partial charge in [0.05, 0.1) is 17.9 Å². The molecule has 0 saturated heterocycles. The number of aliphatic imine (C=N–C) groups is 1. The molecule has 2 N–H and O–H groups in total. The molecule has 0 bridgehead atoms. The molecule has 3 atom stereocenters. The van der Waals surface area contributed by atoms with Crippen LogP contribution in [0.2, 0.25) is 0 Å². The maximum Gasteiger partial charge on any atom is 0.573 e. The van der Waals surface area contributed by atoms with E-state index in [9.17, 15) is 27.2 Å². The molecule has 7 nitrogen and oxygen atoms in total. The summed E-state index contributed by atoms with van der Waals surface area (Å²) in [6, 6.07) is 7.95. The smallest absolute Gasteiger partial charge is 0.406 e. The molecule has 2 aromatic rings. The van der Waals surface area contributed by atoms with Crippen molar-refractivity contribution in [2.45, 2.75) is 32.2 Å². The molecule has 2 aromatic carbocycles. The summed E-state index contributed by atoms with van der Waals surface area (Å²) in [7, 11) is 1.51. The van der Waals surface area contributed by atoms with Crippen LogP contribution in [0, 0.1) is 23.1 Å². The molecule has 0 spiro atoms. The second-order valence-corrected chi connectivity index (χ2v) is 8.77. The van der Waals surface area contributed by atoms with Gasteiger partial charge < -0.3 is 25.4 Å². The lowest BCUT2D eigenvalue weighted by atomic mass is 9.76. The van der Waals surface area contributed by atoms with Gasteiger partial charge in [-0.05, 0) is 23.6 Å². The molecule has 1 aliphatic rings. The quantitative estimate of drug-likeness (QED) is 0.394. The summed E-state index contributed by atoms with van der Waals surface area (Å²) >= 11 is 0. The van der Waals surface area contributed by atoms with Gasteiger partial charge in [0.1, 0.15) is 11.6 Å². The van der Waals surface area contributed by atoms with Crippen LogP contribution in [-0.2, 0) is 4.79 Å². The van der Waals surface area contributed by atoms with Gasteiger partial charge in [0, 0.05) is 49.4 Å². The number of nitrogens with one attached hydrogen (secondary N) is 2. The van der Waals surface area contributed by atoms with Gasteiger partial charge in [-0.15, -0.1) is 13.2 Å². The van der Waals surface area contributed by atoms with Gasteiger partial charge in [0.2, 0.25) is 5.91 Å². The zero-order chi connectivity index (χ0) is 26.6. The molecule has 0 aromatic heterocycles. The van der Waals surface area contributed by atoms with E-state index >= 15 is 0 Å². The summed E-state index contributed by atoms with van der Waals surface area (Å²) in [6.45, 7) is 4.09. The predicted molar refractivity (Wildman–Crippen MR) is 127 cm³/mol. The first-order chi connectivity index (χ1) is 16.9. The number of nitrogens with zero attached hydrogens (tertiary/aromatic N) is 2. The van der Waals surface area contributed by atoms with Crippen molar-refractivity contribution in [3.63, 3.8) is 0 Å². The lowest BCUT2D eigenvalue weighted by Gasteiger charge is -2.44. The fourth-order valence-electron chi connectivity index (χ4n) is 4.39. The monoisotopic (exact) mass is 506 g/mol. The van der Waals surface area contributed by atoms with Crippen LogP contribution in [0.25, 0.3) is 0 Å². The second kappa shape index (κ2) is 10.9. The van der Waals surface area contributed by atoms with Crippen molar-refractivity contribution in [2.24, 2.45) is 16.8 Å². The third-order valence-electron chi connectivity index (χ3n) is 5.61. The number of ether oxygens (including phenoxy) is 1. The van der Waals surface area contributed by atoms with Gasteiger partial charge >= 0.3 is 6.36 Å². The number of hydrogen-bond donors (Lipinski definition) is 2. The van der Waals surface area contributed by atoms with Crippen LogP contribution in [0.4, 0.5) is 23.2 Å². The molecule has 1 aliphatic heterocycles. The number of carbonyl (C=O) groups excluding carboxylic acids is 2. The lowest BCUT2D eigenvalue weighted by molar-refractivity contribution is -0.274. The second-order valence-electron chi connectivity index (χ2n) is 8.77. The fraction of sp³-hybridized carbons (Fsp3) is 0.360. The number of carbonyl (C=O) groups is 2. The molecular formula is C25H26F4N4O3. The number of benzene rings is 2. The van der Waals surface area contributed by atoms with Gasteiger partial charge in [0.15, 0.2) is 0 Å². The largest absolute Gasteiger partial charge is 0.573 e. The van der Waals surface area contributed by atoms with Crippen LogP contribution in [0.3, 0.4) is 0 Å². The summed E-state index contributed by atoms with van der Waals surface area (Å²) in [4.78, 5) is 32.6. The Morgan fingerprint density at radius 3 is 2.56 bits per heavy atom. The molecule has 0 fully saturated rings. The minimum atomic E-state index is -5.04. The van der Waals surface area contributed by atoms with Gasteiger partial charge in [0.25, 0.3) is 5.91 Å². The maximum atomic E-state index is 14.1. The summed E-state index contributed by atoms with van der Waals surface area (Å²) in [5.74, 6) is -4.60. The summed E-state index contributed by atoms with van der Waals surface area (Å²) in [6.07, 6.45) is -2.50. The van der Waals surface area contributed by atoms with Crippen molar-refractivity contribution in [1.29, 1.82) is 5.41 Å². The number of anilines is 1. The van der Waals surface area contributed by atoms with Crippen molar-refractivity contribution >= 4 is 29.9 Å². The predicted octanol–water partition coefficient (Wildman–Crippen LogP) is 4.89. The first kappa shape index (κ1) is 26.8. The Bertz CT molecular complexity index is 1170. The van der Waals surface area contributed by atoms with Crippen molar-refractivity contribution in [3.05, 3.63) is 59.4 Å². The van der Waals surface area contributed by atoms with Gasteiger partial charge in [-0.25, -0.2) is 4.39 Å². The van der Waals surface area contributed by atoms with E-state index in [-0.39, 0.29) is 24.1 Å². The Morgan fingerprint density at radius 1 is 1.25 bits per heavy atom. The average Bonchev–Trinajstić information content (AvgIpc) is 2.77.